The molecule has 0 aliphatic heterocycles. The van der Waals surface area contributed by atoms with Gasteiger partial charge in [0.1, 0.15) is 23.2 Å². The average Bonchev–Trinajstić information content (AvgIpc) is 3.21. The molecule has 1 aliphatic carbocycles. The second kappa shape index (κ2) is 9.69. The molecule has 11 heteroatoms. The molecule has 0 radical (unpaired) electrons. The summed E-state index contributed by atoms with van der Waals surface area (Å²) in [7, 11) is 1.39. The Morgan fingerprint density at radius 2 is 2.06 bits per heavy atom. The Labute approximate surface area is 186 Å². The van der Waals surface area contributed by atoms with E-state index in [1.165, 1.54) is 30.0 Å². The molecular formula is C22H19FN4O6. The molecule has 5 N–H and O–H groups in total. The fourth-order valence-corrected chi connectivity index (χ4v) is 3.06. The summed E-state index contributed by atoms with van der Waals surface area (Å²) in [6.07, 6.45) is 2.00. The van der Waals surface area contributed by atoms with Crippen molar-refractivity contribution in [2.45, 2.75) is 18.9 Å². The van der Waals surface area contributed by atoms with Crippen LogP contribution in [0, 0.1) is 0 Å². The molecule has 1 heterocycles. The van der Waals surface area contributed by atoms with Crippen molar-refractivity contribution >= 4 is 23.5 Å². The van der Waals surface area contributed by atoms with Gasteiger partial charge in [0.2, 0.25) is 5.91 Å². The van der Waals surface area contributed by atoms with Crippen LogP contribution < -0.4 is 15.8 Å². The topological polar surface area (TPSA) is 157 Å². The second-order valence-corrected chi connectivity index (χ2v) is 6.87. The number of nitrogens with two attached hydrogens (primary N) is 1. The Hall–Kier alpha value is -4.59. The minimum absolute atomic E-state index is 0.182. The standard InChI is InChI=1S/C22H19FN4O6/c1-33-18-4-2-3-17(28)20(18)16-11-15(26-27(16)13-7-5-12(23)6-8-13)21(30)25-14(22(31)32)9-10-19(24)29/h2-5,7,11,14,28H,9-10H2,1H3,(H2,24,29)(H,25,30)(H,31,32)/t14-/m0/s1. The molecule has 1 atom stereocenters. The molecule has 0 spiro atoms. The van der Waals surface area contributed by atoms with E-state index < -0.39 is 29.7 Å². The number of aromatic hydroxyl groups is 1. The predicted molar refractivity (Wildman–Crippen MR) is 114 cm³/mol. The number of carboxylic acid groups (broad SMARTS) is 1. The van der Waals surface area contributed by atoms with Crippen LogP contribution in [0.4, 0.5) is 4.39 Å². The Bertz CT molecular complexity index is 1270. The van der Waals surface area contributed by atoms with Gasteiger partial charge in [-0.2, -0.15) is 9.49 Å². The molecule has 10 nitrogen and oxygen atoms in total. The highest BCUT2D eigenvalue weighted by atomic mass is 19.1. The summed E-state index contributed by atoms with van der Waals surface area (Å²) in [6, 6.07) is 4.46. The lowest BCUT2D eigenvalue weighted by Crippen LogP contribution is -2.41. The van der Waals surface area contributed by atoms with Crippen LogP contribution >= 0.6 is 0 Å². The number of nitrogens with zero attached hydrogens (tertiary/aromatic N) is 2. The van der Waals surface area contributed by atoms with Crippen molar-refractivity contribution in [2.75, 3.05) is 7.11 Å². The zero-order valence-corrected chi connectivity index (χ0v) is 17.3. The number of primary amides is 1. The van der Waals surface area contributed by atoms with E-state index in [0.717, 1.165) is 6.08 Å². The van der Waals surface area contributed by atoms with E-state index in [2.05, 4.69) is 21.9 Å². The maximum Gasteiger partial charge on any atom is 0.326 e. The van der Waals surface area contributed by atoms with Crippen molar-refractivity contribution in [3.63, 3.8) is 0 Å². The van der Waals surface area contributed by atoms with E-state index in [9.17, 15) is 29.0 Å². The van der Waals surface area contributed by atoms with Crippen LogP contribution in [0.2, 0.25) is 0 Å². The number of halogens is 1. The van der Waals surface area contributed by atoms with Gasteiger partial charge in [0.15, 0.2) is 11.5 Å². The summed E-state index contributed by atoms with van der Waals surface area (Å²) in [4.78, 5) is 35.2. The van der Waals surface area contributed by atoms with Gasteiger partial charge in [-0.25, -0.2) is 9.48 Å². The number of carboxylic acids is 1. The largest absolute Gasteiger partial charge is 0.507 e. The number of aromatic nitrogens is 2. The van der Waals surface area contributed by atoms with Gasteiger partial charge in [0, 0.05) is 6.42 Å². The zero-order chi connectivity index (χ0) is 24.1. The Morgan fingerprint density at radius 1 is 1.30 bits per heavy atom. The number of methoxy groups -OCH3 is 1. The fourth-order valence-electron chi connectivity index (χ4n) is 3.06. The van der Waals surface area contributed by atoms with Crippen molar-refractivity contribution in [3.8, 4) is 22.8 Å². The predicted octanol–water partition coefficient (Wildman–Crippen LogP) is 1.73. The fraction of sp³-hybridized carbons (Fsp3) is 0.182. The molecule has 33 heavy (non-hydrogen) atoms. The van der Waals surface area contributed by atoms with Crippen molar-refractivity contribution in [3.05, 3.63) is 59.4 Å². The minimum Gasteiger partial charge on any atom is -0.507 e. The number of rotatable bonds is 9. The van der Waals surface area contributed by atoms with Gasteiger partial charge in [-0.05, 0) is 48.2 Å². The average molecular weight is 454 g/mol. The molecule has 1 aromatic carbocycles. The maximum absolute atomic E-state index is 13.4. The number of aliphatic carboxylic acids is 1. The van der Waals surface area contributed by atoms with Gasteiger partial charge in [-0.1, -0.05) is 6.07 Å². The van der Waals surface area contributed by atoms with Crippen molar-refractivity contribution in [1.82, 2.24) is 15.1 Å². The molecule has 0 saturated carbocycles. The van der Waals surface area contributed by atoms with E-state index in [1.54, 1.807) is 12.1 Å². The van der Waals surface area contributed by atoms with E-state index in [4.69, 9.17) is 10.5 Å². The zero-order valence-electron chi connectivity index (χ0n) is 17.3. The molecule has 0 fully saturated rings. The van der Waals surface area contributed by atoms with Gasteiger partial charge in [-0.15, -0.1) is 0 Å². The minimum atomic E-state index is -1.39. The van der Waals surface area contributed by atoms with Gasteiger partial charge in [-0.3, -0.25) is 9.59 Å². The van der Waals surface area contributed by atoms with Gasteiger partial charge in [0.05, 0.1) is 18.4 Å². The monoisotopic (exact) mass is 454 g/mol. The number of carbonyl (C=O) groups is 3. The normalized spacial score (nSPS) is 13.2. The maximum atomic E-state index is 13.4. The Balaban J connectivity index is 2.09. The smallest absolute Gasteiger partial charge is 0.326 e. The first-order chi connectivity index (χ1) is 15.7. The number of phenolic OH excluding ortho intramolecular Hbond substituents is 1. The number of hydrogen-bond donors (Lipinski definition) is 4. The molecule has 0 saturated heterocycles. The SMILES string of the molecule is COc1cccc(O)c1-c1cc(C(=O)N[C@@H](CCC(N)=O)C(=O)O)nn1C1=C=C=C(F)C=C1. The summed E-state index contributed by atoms with van der Waals surface area (Å²) >= 11 is 0. The number of ether oxygens (including phenoxy) is 1. The molecule has 1 aromatic heterocycles. The number of hydrogen-bond acceptors (Lipinski definition) is 6. The van der Waals surface area contributed by atoms with Crippen molar-refractivity contribution in [1.29, 1.82) is 0 Å². The molecular weight excluding hydrogens is 435 g/mol. The van der Waals surface area contributed by atoms with Crippen molar-refractivity contribution in [2.24, 2.45) is 5.73 Å². The van der Waals surface area contributed by atoms with Crippen LogP contribution in [0.25, 0.3) is 17.0 Å². The summed E-state index contributed by atoms with van der Waals surface area (Å²) < 4.78 is 19.9. The van der Waals surface area contributed by atoms with E-state index >= 15 is 0 Å². The third-order valence-corrected chi connectivity index (χ3v) is 4.63. The summed E-state index contributed by atoms with van der Waals surface area (Å²) in [5.41, 5.74) is 10.2. The Kier molecular flexibility index (Phi) is 6.78. The van der Waals surface area contributed by atoms with Gasteiger partial charge in [0.25, 0.3) is 5.91 Å². The number of benzene rings is 1. The number of allylic oxidation sites excluding steroid dienone is 4. The van der Waals surface area contributed by atoms with Gasteiger partial charge < -0.3 is 26.0 Å². The first-order valence-electron chi connectivity index (χ1n) is 9.59. The molecule has 3 rings (SSSR count). The van der Waals surface area contributed by atoms with Crippen LogP contribution in [0.15, 0.2) is 53.7 Å². The lowest BCUT2D eigenvalue weighted by molar-refractivity contribution is -0.139. The van der Waals surface area contributed by atoms with Crippen LogP contribution in [-0.2, 0) is 9.59 Å². The first kappa shape index (κ1) is 23.1. The van der Waals surface area contributed by atoms with Crippen LogP contribution in [0.1, 0.15) is 23.3 Å². The van der Waals surface area contributed by atoms with Crippen LogP contribution in [0.5, 0.6) is 11.5 Å². The highest BCUT2D eigenvalue weighted by Gasteiger charge is 2.26. The van der Waals surface area contributed by atoms with E-state index in [0.29, 0.717) is 0 Å². The number of carbonyl (C=O) groups excluding carboxylic acids is 2. The molecule has 170 valence electrons. The third-order valence-electron chi connectivity index (χ3n) is 4.63. The third kappa shape index (κ3) is 5.19. The highest BCUT2D eigenvalue weighted by Crippen LogP contribution is 2.39. The first-order valence-corrected chi connectivity index (χ1v) is 9.59. The summed E-state index contributed by atoms with van der Waals surface area (Å²) in [6.45, 7) is 0. The van der Waals surface area contributed by atoms with Crippen molar-refractivity contribution < 1.29 is 33.7 Å². The van der Waals surface area contributed by atoms with Crippen LogP contribution in [-0.4, -0.2) is 50.9 Å². The van der Waals surface area contributed by atoms with E-state index in [1.807, 2.05) is 0 Å². The van der Waals surface area contributed by atoms with Crippen LogP contribution in [0.3, 0.4) is 0 Å². The number of amides is 2. The molecule has 1 aliphatic rings. The summed E-state index contributed by atoms with van der Waals surface area (Å²) in [5, 5.41) is 26.3. The quantitative estimate of drug-likeness (QED) is 0.420. The summed E-state index contributed by atoms with van der Waals surface area (Å²) in [5.74, 6) is -3.50. The van der Waals surface area contributed by atoms with E-state index in [-0.39, 0.29) is 47.0 Å². The molecule has 2 aromatic rings. The number of nitrogens with one attached hydrogen (secondary N) is 1. The Morgan fingerprint density at radius 3 is 2.67 bits per heavy atom. The molecule has 2 amide bonds. The van der Waals surface area contributed by atoms with Gasteiger partial charge >= 0.3 is 5.97 Å². The molecule has 0 unspecified atom stereocenters. The highest BCUT2D eigenvalue weighted by molar-refractivity contribution is 5.97. The molecule has 0 bridgehead atoms. The lowest BCUT2D eigenvalue weighted by Gasteiger charge is -2.12. The second-order valence-electron chi connectivity index (χ2n) is 6.87. The lowest BCUT2D eigenvalue weighted by atomic mass is 10.1. The number of phenols is 1.